The van der Waals surface area contributed by atoms with E-state index in [1.54, 1.807) is 11.3 Å². The molecule has 1 N–H and O–H groups in total. The molecule has 1 aliphatic carbocycles. The monoisotopic (exact) mass is 282 g/mol. The van der Waals surface area contributed by atoms with Crippen LogP contribution in [-0.2, 0) is 9.53 Å². The Labute approximate surface area is 118 Å². The van der Waals surface area contributed by atoms with Gasteiger partial charge in [-0.2, -0.15) is 0 Å². The summed E-state index contributed by atoms with van der Waals surface area (Å²) in [5.74, 6) is 0.0676. The maximum absolute atomic E-state index is 11.8. The number of aryl methyl sites for hydroxylation is 1. The standard InChI is InChI=1S/C14H22N2O2S/c1-3-18-13(17)11-5-4-6-12(8-7-11)16-14-15-10(2)9-19-14/h9,11-12H,3-8H2,1-2H3,(H,15,16). The number of ether oxygens (including phenoxy) is 1. The fourth-order valence-corrected chi connectivity index (χ4v) is 3.30. The first-order valence-electron chi connectivity index (χ1n) is 7.04. The van der Waals surface area contributed by atoms with Crippen molar-refractivity contribution in [3.63, 3.8) is 0 Å². The van der Waals surface area contributed by atoms with Gasteiger partial charge in [-0.15, -0.1) is 11.3 Å². The molecular weight excluding hydrogens is 260 g/mol. The molecule has 19 heavy (non-hydrogen) atoms. The Hall–Kier alpha value is -1.10. The summed E-state index contributed by atoms with van der Waals surface area (Å²) in [6, 6.07) is 0.435. The molecule has 5 heteroatoms. The Morgan fingerprint density at radius 1 is 1.47 bits per heavy atom. The Morgan fingerprint density at radius 3 is 3.00 bits per heavy atom. The lowest BCUT2D eigenvalue weighted by molar-refractivity contribution is -0.148. The van der Waals surface area contributed by atoms with Gasteiger partial charge in [0.2, 0.25) is 0 Å². The summed E-state index contributed by atoms with van der Waals surface area (Å²) in [5, 5.41) is 6.54. The molecule has 2 unspecified atom stereocenters. The summed E-state index contributed by atoms with van der Waals surface area (Å²) in [5.41, 5.74) is 1.06. The molecule has 1 heterocycles. The van der Waals surface area contributed by atoms with Crippen molar-refractivity contribution in [2.75, 3.05) is 11.9 Å². The van der Waals surface area contributed by atoms with Crippen LogP contribution in [0.3, 0.4) is 0 Å². The molecule has 0 aliphatic heterocycles. The summed E-state index contributed by atoms with van der Waals surface area (Å²) in [4.78, 5) is 16.2. The number of hydrogen-bond acceptors (Lipinski definition) is 5. The number of esters is 1. The number of carbonyl (C=O) groups is 1. The molecule has 1 saturated carbocycles. The van der Waals surface area contributed by atoms with Gasteiger partial charge in [-0.3, -0.25) is 4.79 Å². The first-order chi connectivity index (χ1) is 9.19. The maximum atomic E-state index is 11.8. The van der Waals surface area contributed by atoms with Crippen LogP contribution in [0.25, 0.3) is 0 Å². The molecular formula is C14H22N2O2S. The van der Waals surface area contributed by atoms with E-state index in [1.165, 1.54) is 0 Å². The van der Waals surface area contributed by atoms with E-state index in [9.17, 15) is 4.79 Å². The van der Waals surface area contributed by atoms with Crippen LogP contribution < -0.4 is 5.32 Å². The van der Waals surface area contributed by atoms with Crippen LogP contribution in [0.1, 0.15) is 44.7 Å². The fourth-order valence-electron chi connectivity index (χ4n) is 2.54. The average molecular weight is 282 g/mol. The van der Waals surface area contributed by atoms with E-state index in [-0.39, 0.29) is 11.9 Å². The second-order valence-corrected chi connectivity index (χ2v) is 5.95. The van der Waals surface area contributed by atoms with Crippen LogP contribution in [0.15, 0.2) is 5.38 Å². The zero-order valence-electron chi connectivity index (χ0n) is 11.6. The summed E-state index contributed by atoms with van der Waals surface area (Å²) in [6.07, 6.45) is 5.07. The Kier molecular flexibility index (Phi) is 5.19. The summed E-state index contributed by atoms with van der Waals surface area (Å²) >= 11 is 1.65. The minimum Gasteiger partial charge on any atom is -0.466 e. The fraction of sp³-hybridized carbons (Fsp3) is 0.714. The quantitative estimate of drug-likeness (QED) is 0.679. The lowest BCUT2D eigenvalue weighted by atomic mass is 10.0. The minimum absolute atomic E-state index is 0.0201. The first kappa shape index (κ1) is 14.3. The van der Waals surface area contributed by atoms with Crippen molar-refractivity contribution in [3.05, 3.63) is 11.1 Å². The molecule has 4 nitrogen and oxygen atoms in total. The van der Waals surface area contributed by atoms with Gasteiger partial charge < -0.3 is 10.1 Å². The molecule has 0 bridgehead atoms. The normalized spacial score (nSPS) is 23.7. The second kappa shape index (κ2) is 6.89. The van der Waals surface area contributed by atoms with Gasteiger partial charge >= 0.3 is 5.97 Å². The van der Waals surface area contributed by atoms with E-state index in [0.717, 1.165) is 42.9 Å². The third kappa shape index (κ3) is 4.20. The molecule has 0 radical (unpaired) electrons. The van der Waals surface area contributed by atoms with Crippen LogP contribution in [0, 0.1) is 12.8 Å². The molecule has 1 aromatic heterocycles. The molecule has 2 rings (SSSR count). The highest BCUT2D eigenvalue weighted by atomic mass is 32.1. The van der Waals surface area contributed by atoms with E-state index in [1.807, 2.05) is 13.8 Å². The van der Waals surface area contributed by atoms with Gasteiger partial charge in [0.15, 0.2) is 5.13 Å². The molecule has 1 fully saturated rings. The number of nitrogens with one attached hydrogen (secondary N) is 1. The van der Waals surface area contributed by atoms with Gasteiger partial charge in [0.05, 0.1) is 18.2 Å². The van der Waals surface area contributed by atoms with Crippen LogP contribution in [0.2, 0.25) is 0 Å². The number of rotatable bonds is 4. The Bertz CT molecular complexity index is 419. The first-order valence-corrected chi connectivity index (χ1v) is 7.92. The maximum Gasteiger partial charge on any atom is 0.308 e. The SMILES string of the molecule is CCOC(=O)C1CCCC(Nc2nc(C)cs2)CC1. The molecule has 0 aromatic carbocycles. The van der Waals surface area contributed by atoms with Crippen LogP contribution in [-0.4, -0.2) is 23.6 Å². The van der Waals surface area contributed by atoms with Crippen LogP contribution >= 0.6 is 11.3 Å². The van der Waals surface area contributed by atoms with Gasteiger partial charge in [0.1, 0.15) is 0 Å². The highest BCUT2D eigenvalue weighted by Crippen LogP contribution is 2.27. The van der Waals surface area contributed by atoms with Gasteiger partial charge in [-0.1, -0.05) is 6.42 Å². The molecule has 1 aromatic rings. The Balaban J connectivity index is 1.84. The average Bonchev–Trinajstić information content (AvgIpc) is 2.64. The van der Waals surface area contributed by atoms with Crippen molar-refractivity contribution in [1.82, 2.24) is 4.98 Å². The van der Waals surface area contributed by atoms with Crippen molar-refractivity contribution in [2.24, 2.45) is 5.92 Å². The van der Waals surface area contributed by atoms with E-state index < -0.39 is 0 Å². The lowest BCUT2D eigenvalue weighted by Crippen LogP contribution is -2.20. The number of hydrogen-bond donors (Lipinski definition) is 1. The highest BCUT2D eigenvalue weighted by Gasteiger charge is 2.25. The molecule has 0 amide bonds. The number of thiazole rings is 1. The molecule has 0 saturated heterocycles. The van der Waals surface area contributed by atoms with E-state index in [0.29, 0.717) is 12.6 Å². The van der Waals surface area contributed by atoms with Crippen LogP contribution in [0.4, 0.5) is 5.13 Å². The topological polar surface area (TPSA) is 51.2 Å². The number of carbonyl (C=O) groups excluding carboxylic acids is 1. The highest BCUT2D eigenvalue weighted by molar-refractivity contribution is 7.13. The van der Waals surface area contributed by atoms with Gasteiger partial charge in [-0.05, 0) is 39.5 Å². The van der Waals surface area contributed by atoms with Crippen molar-refractivity contribution in [3.8, 4) is 0 Å². The lowest BCUT2D eigenvalue weighted by Gasteiger charge is -2.15. The van der Waals surface area contributed by atoms with Gasteiger partial charge in [0.25, 0.3) is 0 Å². The smallest absolute Gasteiger partial charge is 0.308 e. The number of nitrogens with zero attached hydrogens (tertiary/aromatic N) is 1. The van der Waals surface area contributed by atoms with Crippen molar-refractivity contribution >= 4 is 22.4 Å². The molecule has 106 valence electrons. The van der Waals surface area contributed by atoms with E-state index in [2.05, 4.69) is 15.7 Å². The van der Waals surface area contributed by atoms with E-state index in [4.69, 9.17) is 4.74 Å². The van der Waals surface area contributed by atoms with Crippen molar-refractivity contribution in [2.45, 2.75) is 52.0 Å². The number of aromatic nitrogens is 1. The summed E-state index contributed by atoms with van der Waals surface area (Å²) in [6.45, 7) is 4.35. The predicted molar refractivity (Wildman–Crippen MR) is 77.5 cm³/mol. The molecule has 2 atom stereocenters. The van der Waals surface area contributed by atoms with Crippen molar-refractivity contribution in [1.29, 1.82) is 0 Å². The number of anilines is 1. The van der Waals surface area contributed by atoms with Gasteiger partial charge in [0, 0.05) is 11.4 Å². The zero-order chi connectivity index (χ0) is 13.7. The molecule has 0 spiro atoms. The zero-order valence-corrected chi connectivity index (χ0v) is 12.5. The largest absolute Gasteiger partial charge is 0.466 e. The van der Waals surface area contributed by atoms with Gasteiger partial charge in [-0.25, -0.2) is 4.98 Å². The third-order valence-electron chi connectivity index (χ3n) is 3.54. The van der Waals surface area contributed by atoms with E-state index >= 15 is 0 Å². The Morgan fingerprint density at radius 2 is 2.32 bits per heavy atom. The third-order valence-corrected chi connectivity index (χ3v) is 4.43. The summed E-state index contributed by atoms with van der Waals surface area (Å²) in [7, 11) is 0. The minimum atomic E-state index is -0.0201. The second-order valence-electron chi connectivity index (χ2n) is 5.09. The van der Waals surface area contributed by atoms with Crippen molar-refractivity contribution < 1.29 is 9.53 Å². The molecule has 1 aliphatic rings. The summed E-state index contributed by atoms with van der Waals surface area (Å²) < 4.78 is 5.12. The van der Waals surface area contributed by atoms with Crippen LogP contribution in [0.5, 0.6) is 0 Å². The predicted octanol–water partition coefficient (Wildman–Crippen LogP) is 3.38.